The van der Waals surface area contributed by atoms with Gasteiger partial charge in [0.15, 0.2) is 5.76 Å². The minimum absolute atomic E-state index is 0.206. The number of hydrogen-bond donors (Lipinski definition) is 2. The van der Waals surface area contributed by atoms with Crippen molar-refractivity contribution in [1.82, 2.24) is 5.32 Å². The molecule has 8 nitrogen and oxygen atoms in total. The molecule has 0 radical (unpaired) electrons. The molecule has 0 aliphatic carbocycles. The van der Waals surface area contributed by atoms with Crippen molar-refractivity contribution < 1.29 is 24.0 Å². The molecule has 1 aromatic rings. The number of nitro groups is 1. The Bertz CT molecular complexity index is 481. The smallest absolute Gasteiger partial charge is 0.433 e. The summed E-state index contributed by atoms with van der Waals surface area (Å²) in [5.74, 6) is -2.43. The highest BCUT2D eigenvalue weighted by Crippen LogP contribution is 2.16. The topological polar surface area (TPSA) is 123 Å². The third-order valence-corrected chi connectivity index (χ3v) is 2.39. The van der Waals surface area contributed by atoms with Gasteiger partial charge in [-0.1, -0.05) is 13.3 Å². The van der Waals surface area contributed by atoms with Crippen LogP contribution in [0, 0.1) is 10.1 Å². The van der Waals surface area contributed by atoms with E-state index < -0.39 is 28.7 Å². The fraction of sp³-hybridized carbons (Fsp3) is 0.455. The molecular formula is C11H14N2O6. The molecule has 0 fully saturated rings. The Hall–Kier alpha value is -2.38. The van der Waals surface area contributed by atoms with Gasteiger partial charge in [0.2, 0.25) is 0 Å². The van der Waals surface area contributed by atoms with Crippen LogP contribution in [0.25, 0.3) is 0 Å². The molecule has 104 valence electrons. The molecule has 0 spiro atoms. The van der Waals surface area contributed by atoms with E-state index in [4.69, 9.17) is 9.52 Å². The highest BCUT2D eigenvalue weighted by molar-refractivity contribution is 5.92. The molecule has 1 heterocycles. The van der Waals surface area contributed by atoms with Crippen LogP contribution in [-0.4, -0.2) is 27.9 Å². The maximum absolute atomic E-state index is 11.7. The summed E-state index contributed by atoms with van der Waals surface area (Å²) in [5, 5.41) is 21.6. The molecule has 2 N–H and O–H groups in total. The number of nitrogens with one attached hydrogen (secondary N) is 1. The number of furan rings is 1. The van der Waals surface area contributed by atoms with Gasteiger partial charge in [-0.05, 0) is 12.5 Å². The summed E-state index contributed by atoms with van der Waals surface area (Å²) in [7, 11) is 0. The summed E-state index contributed by atoms with van der Waals surface area (Å²) >= 11 is 0. The molecule has 19 heavy (non-hydrogen) atoms. The van der Waals surface area contributed by atoms with E-state index in [0.717, 1.165) is 6.07 Å². The summed E-state index contributed by atoms with van der Waals surface area (Å²) in [6.45, 7) is 1.86. The zero-order valence-electron chi connectivity index (χ0n) is 10.3. The third-order valence-electron chi connectivity index (χ3n) is 2.39. The van der Waals surface area contributed by atoms with Gasteiger partial charge in [-0.25, -0.2) is 0 Å². The normalized spacial score (nSPS) is 11.8. The lowest BCUT2D eigenvalue weighted by Crippen LogP contribution is -2.36. The van der Waals surface area contributed by atoms with Crippen LogP contribution >= 0.6 is 0 Å². The predicted octanol–water partition coefficient (Wildman–Crippen LogP) is 1.56. The van der Waals surface area contributed by atoms with E-state index in [1.165, 1.54) is 6.07 Å². The summed E-state index contributed by atoms with van der Waals surface area (Å²) in [5.41, 5.74) is 0. The molecule has 0 aliphatic heterocycles. The lowest BCUT2D eigenvalue weighted by atomic mass is 10.1. The van der Waals surface area contributed by atoms with Gasteiger partial charge in [0, 0.05) is 6.04 Å². The Balaban J connectivity index is 2.69. The average molecular weight is 270 g/mol. The number of hydrogen-bond acceptors (Lipinski definition) is 5. The number of carboxylic acid groups (broad SMARTS) is 1. The first kappa shape index (κ1) is 14.7. The van der Waals surface area contributed by atoms with Gasteiger partial charge in [-0.15, -0.1) is 0 Å². The Kier molecular flexibility index (Phi) is 5.04. The largest absolute Gasteiger partial charge is 0.481 e. The van der Waals surface area contributed by atoms with E-state index >= 15 is 0 Å². The maximum Gasteiger partial charge on any atom is 0.433 e. The molecule has 0 saturated carbocycles. The zero-order valence-corrected chi connectivity index (χ0v) is 10.3. The number of carbonyl (C=O) groups excluding carboxylic acids is 1. The number of rotatable bonds is 7. The minimum atomic E-state index is -1.02. The summed E-state index contributed by atoms with van der Waals surface area (Å²) in [6, 6.07) is 1.72. The minimum Gasteiger partial charge on any atom is -0.481 e. The van der Waals surface area contributed by atoms with E-state index in [0.29, 0.717) is 12.8 Å². The second kappa shape index (κ2) is 6.53. The van der Waals surface area contributed by atoms with E-state index in [2.05, 4.69) is 5.32 Å². The van der Waals surface area contributed by atoms with E-state index in [1.54, 1.807) is 0 Å². The van der Waals surface area contributed by atoms with Gasteiger partial charge in [0.25, 0.3) is 5.91 Å². The lowest BCUT2D eigenvalue weighted by Gasteiger charge is -2.14. The first-order chi connectivity index (χ1) is 8.93. The zero-order chi connectivity index (χ0) is 14.4. The van der Waals surface area contributed by atoms with Crippen molar-refractivity contribution >= 4 is 17.8 Å². The number of amides is 1. The van der Waals surface area contributed by atoms with Crippen molar-refractivity contribution in [3.8, 4) is 0 Å². The molecule has 0 aromatic carbocycles. The fourth-order valence-corrected chi connectivity index (χ4v) is 1.59. The molecular weight excluding hydrogens is 256 g/mol. The van der Waals surface area contributed by atoms with E-state index in [-0.39, 0.29) is 12.2 Å². The molecule has 8 heteroatoms. The highest BCUT2D eigenvalue weighted by Gasteiger charge is 2.21. The SMILES string of the molecule is CCCC(CC(=O)O)NC(=O)c1ccc([N+](=O)[O-])o1. The van der Waals surface area contributed by atoms with Crippen LogP contribution in [0.4, 0.5) is 5.88 Å². The first-order valence-corrected chi connectivity index (χ1v) is 5.71. The van der Waals surface area contributed by atoms with Gasteiger partial charge in [0.1, 0.15) is 4.92 Å². The molecule has 1 unspecified atom stereocenters. The first-order valence-electron chi connectivity index (χ1n) is 5.71. The standard InChI is InChI=1S/C11H14N2O6/c1-2-3-7(6-10(14)15)12-11(16)8-4-5-9(19-8)13(17)18/h4-5,7H,2-3,6H2,1H3,(H,12,16)(H,14,15). The molecule has 0 saturated heterocycles. The number of aliphatic carboxylic acids is 1. The fourth-order valence-electron chi connectivity index (χ4n) is 1.59. The van der Waals surface area contributed by atoms with Crippen molar-refractivity contribution in [2.45, 2.75) is 32.2 Å². The van der Waals surface area contributed by atoms with Crippen molar-refractivity contribution in [3.05, 3.63) is 28.0 Å². The van der Waals surface area contributed by atoms with Crippen molar-refractivity contribution in [1.29, 1.82) is 0 Å². The third kappa shape index (κ3) is 4.41. The van der Waals surface area contributed by atoms with Crippen molar-refractivity contribution in [3.63, 3.8) is 0 Å². The summed E-state index contributed by atoms with van der Waals surface area (Å²) < 4.78 is 4.73. The number of carboxylic acids is 1. The molecule has 1 rings (SSSR count). The molecule has 0 aliphatic rings. The van der Waals surface area contributed by atoms with E-state index in [9.17, 15) is 19.7 Å². The second-order valence-electron chi connectivity index (χ2n) is 3.95. The molecule has 1 aromatic heterocycles. The lowest BCUT2D eigenvalue weighted by molar-refractivity contribution is -0.402. The molecule has 1 amide bonds. The van der Waals surface area contributed by atoms with Crippen LogP contribution < -0.4 is 5.32 Å². The predicted molar refractivity (Wildman–Crippen MR) is 63.8 cm³/mol. The second-order valence-corrected chi connectivity index (χ2v) is 3.95. The van der Waals surface area contributed by atoms with Crippen LogP contribution in [0.5, 0.6) is 0 Å². The monoisotopic (exact) mass is 270 g/mol. The van der Waals surface area contributed by atoms with E-state index in [1.807, 2.05) is 6.92 Å². The van der Waals surface area contributed by atoms with Crippen LogP contribution in [0.1, 0.15) is 36.7 Å². The van der Waals surface area contributed by atoms with Gasteiger partial charge in [0.05, 0.1) is 12.5 Å². The quantitative estimate of drug-likeness (QED) is 0.572. The van der Waals surface area contributed by atoms with Crippen LogP contribution in [0.2, 0.25) is 0 Å². The Morgan fingerprint density at radius 2 is 2.21 bits per heavy atom. The summed E-state index contributed by atoms with van der Waals surface area (Å²) in [4.78, 5) is 32.0. The van der Waals surface area contributed by atoms with Gasteiger partial charge in [-0.3, -0.25) is 19.7 Å². The Morgan fingerprint density at radius 3 is 2.68 bits per heavy atom. The molecule has 1 atom stereocenters. The van der Waals surface area contributed by atoms with Gasteiger partial charge >= 0.3 is 11.9 Å². The van der Waals surface area contributed by atoms with Gasteiger partial charge in [-0.2, -0.15) is 0 Å². The Morgan fingerprint density at radius 1 is 1.53 bits per heavy atom. The number of nitrogens with zero attached hydrogens (tertiary/aromatic N) is 1. The maximum atomic E-state index is 11.7. The van der Waals surface area contributed by atoms with Crippen LogP contribution in [-0.2, 0) is 4.79 Å². The van der Waals surface area contributed by atoms with Crippen molar-refractivity contribution in [2.75, 3.05) is 0 Å². The van der Waals surface area contributed by atoms with Gasteiger partial charge < -0.3 is 14.8 Å². The molecule has 0 bridgehead atoms. The van der Waals surface area contributed by atoms with Crippen LogP contribution in [0.3, 0.4) is 0 Å². The Labute approximate surface area is 108 Å². The number of carbonyl (C=O) groups is 2. The average Bonchev–Trinajstić information content (AvgIpc) is 2.77. The summed E-state index contributed by atoms with van der Waals surface area (Å²) in [6.07, 6.45) is 1.000. The van der Waals surface area contributed by atoms with Crippen molar-refractivity contribution in [2.24, 2.45) is 0 Å². The van der Waals surface area contributed by atoms with Crippen LogP contribution in [0.15, 0.2) is 16.5 Å². The highest BCUT2D eigenvalue weighted by atomic mass is 16.6.